The third-order valence-corrected chi connectivity index (χ3v) is 5.96. The third-order valence-electron chi connectivity index (χ3n) is 5.59. The minimum absolute atomic E-state index is 0.0458. The number of carbonyl (C=O) groups is 2. The zero-order chi connectivity index (χ0) is 27.1. The lowest BCUT2D eigenvalue weighted by Gasteiger charge is -2.21. The summed E-state index contributed by atoms with van der Waals surface area (Å²) >= 11 is 6.35. The molecule has 1 saturated heterocycles. The molecule has 2 aromatic carbocycles. The molecular weight excluding hydrogens is 525 g/mol. The molecule has 3 aromatic rings. The maximum Gasteiger partial charge on any atom is 0.416 e. The number of imide groups is 1. The van der Waals surface area contributed by atoms with E-state index >= 15 is 0 Å². The molecule has 8 nitrogen and oxygen atoms in total. The van der Waals surface area contributed by atoms with Crippen LogP contribution in [0.5, 0.6) is 5.75 Å². The molecule has 0 aliphatic carbocycles. The minimum Gasteiger partial charge on any atom is -0.435 e. The van der Waals surface area contributed by atoms with E-state index in [9.17, 15) is 31.5 Å². The summed E-state index contributed by atoms with van der Waals surface area (Å²) < 4.78 is 69.4. The Hall–Kier alpha value is -4.00. The number of benzene rings is 2. The van der Waals surface area contributed by atoms with Crippen LogP contribution in [0, 0.1) is 6.92 Å². The molecule has 1 unspecified atom stereocenters. The van der Waals surface area contributed by atoms with E-state index in [-0.39, 0.29) is 33.4 Å². The highest BCUT2D eigenvalue weighted by Crippen LogP contribution is 2.33. The lowest BCUT2D eigenvalue weighted by Crippen LogP contribution is -2.40. The van der Waals surface area contributed by atoms with Crippen LogP contribution >= 0.6 is 11.6 Å². The topological polar surface area (TPSA) is 88.8 Å². The van der Waals surface area contributed by atoms with Gasteiger partial charge in [0.1, 0.15) is 16.4 Å². The Morgan fingerprint density at radius 3 is 2.46 bits per heavy atom. The van der Waals surface area contributed by atoms with E-state index in [2.05, 4.69) is 20.3 Å². The Morgan fingerprint density at radius 2 is 1.84 bits per heavy atom. The van der Waals surface area contributed by atoms with Crippen LogP contribution in [0.4, 0.5) is 26.7 Å². The van der Waals surface area contributed by atoms with E-state index in [1.807, 2.05) is 0 Å². The van der Waals surface area contributed by atoms with Crippen LogP contribution in [0.15, 0.2) is 53.6 Å². The molecule has 4 rings (SSSR count). The van der Waals surface area contributed by atoms with Crippen LogP contribution in [-0.4, -0.2) is 39.6 Å². The standard InChI is InChI=1S/C23H17ClF5N5O3/c1-12-17(18(24)33(32-12)15-5-3-4-14(10-15)23(27,28)29)11-30-34-19(35)22(2,31-21(34)36)13-6-8-16(9-7-13)37-20(25)26/h3-11,20H,1-2H3,(H,31,36). The molecule has 1 atom stereocenters. The summed E-state index contributed by atoms with van der Waals surface area (Å²) in [5, 5.41) is 11.0. The van der Waals surface area contributed by atoms with Gasteiger partial charge in [0.05, 0.1) is 28.7 Å². The largest absolute Gasteiger partial charge is 0.435 e. The molecule has 1 aliphatic rings. The predicted molar refractivity (Wildman–Crippen MR) is 122 cm³/mol. The van der Waals surface area contributed by atoms with Crippen molar-refractivity contribution in [2.45, 2.75) is 32.2 Å². The number of urea groups is 1. The Bertz CT molecular complexity index is 1390. The normalized spacial score (nSPS) is 18.2. The highest BCUT2D eigenvalue weighted by Gasteiger charge is 2.49. The van der Waals surface area contributed by atoms with Gasteiger partial charge in [-0.25, -0.2) is 9.48 Å². The minimum atomic E-state index is -4.57. The monoisotopic (exact) mass is 541 g/mol. The average Bonchev–Trinajstić information content (AvgIpc) is 3.23. The second-order valence-corrected chi connectivity index (χ2v) is 8.43. The molecule has 0 saturated carbocycles. The van der Waals surface area contributed by atoms with Crippen molar-refractivity contribution in [3.05, 3.63) is 76.1 Å². The van der Waals surface area contributed by atoms with Crippen LogP contribution in [0.3, 0.4) is 0 Å². The van der Waals surface area contributed by atoms with Crippen LogP contribution < -0.4 is 10.1 Å². The Labute approximate surface area is 211 Å². The summed E-state index contributed by atoms with van der Waals surface area (Å²) in [5.74, 6) is -0.896. The molecule has 2 heterocycles. The van der Waals surface area contributed by atoms with Crippen molar-refractivity contribution in [1.82, 2.24) is 20.1 Å². The summed E-state index contributed by atoms with van der Waals surface area (Å²) in [7, 11) is 0. The van der Waals surface area contributed by atoms with Gasteiger partial charge in [-0.05, 0) is 49.7 Å². The number of aryl methyl sites for hydroxylation is 1. The van der Waals surface area contributed by atoms with Crippen molar-refractivity contribution in [1.29, 1.82) is 0 Å². The van der Waals surface area contributed by atoms with E-state index < -0.39 is 35.8 Å². The number of carbonyl (C=O) groups excluding carboxylic acids is 2. The molecule has 0 spiro atoms. The second-order valence-electron chi connectivity index (χ2n) is 8.07. The summed E-state index contributed by atoms with van der Waals surface area (Å²) in [6.45, 7) is -0.0845. The van der Waals surface area contributed by atoms with Crippen molar-refractivity contribution in [2.75, 3.05) is 0 Å². The van der Waals surface area contributed by atoms with Gasteiger partial charge in [0, 0.05) is 0 Å². The van der Waals surface area contributed by atoms with Gasteiger partial charge in [0.15, 0.2) is 0 Å². The Balaban J connectivity index is 1.59. The number of hydrogen-bond acceptors (Lipinski definition) is 5. The maximum atomic E-state index is 13.1. The average molecular weight is 542 g/mol. The molecule has 194 valence electrons. The van der Waals surface area contributed by atoms with Crippen LogP contribution in [0.25, 0.3) is 5.69 Å². The molecule has 1 aromatic heterocycles. The van der Waals surface area contributed by atoms with Crippen molar-refractivity contribution < 1.29 is 36.3 Å². The first-order chi connectivity index (χ1) is 17.3. The van der Waals surface area contributed by atoms with Crippen molar-refractivity contribution >= 4 is 29.8 Å². The lowest BCUT2D eigenvalue weighted by atomic mass is 9.92. The van der Waals surface area contributed by atoms with E-state index in [1.165, 1.54) is 50.2 Å². The molecule has 3 amide bonds. The number of amides is 3. The fraction of sp³-hybridized carbons (Fsp3) is 0.217. The van der Waals surface area contributed by atoms with E-state index in [0.717, 1.165) is 23.0 Å². The number of hydrazone groups is 1. The van der Waals surface area contributed by atoms with Gasteiger partial charge in [-0.3, -0.25) is 4.79 Å². The lowest BCUT2D eigenvalue weighted by molar-refractivity contribution is -0.137. The van der Waals surface area contributed by atoms with Crippen LogP contribution in [-0.2, 0) is 16.5 Å². The number of alkyl halides is 5. The number of nitrogens with zero attached hydrogens (tertiary/aromatic N) is 4. The fourth-order valence-corrected chi connectivity index (χ4v) is 3.97. The predicted octanol–water partition coefficient (Wildman–Crippen LogP) is 5.26. The Morgan fingerprint density at radius 1 is 1.16 bits per heavy atom. The van der Waals surface area contributed by atoms with Gasteiger partial charge in [-0.1, -0.05) is 29.8 Å². The molecule has 1 aliphatic heterocycles. The molecule has 37 heavy (non-hydrogen) atoms. The Kier molecular flexibility index (Phi) is 6.67. The number of hydrogen-bond donors (Lipinski definition) is 1. The summed E-state index contributed by atoms with van der Waals surface area (Å²) in [5.41, 5.74) is -1.67. The first-order valence-corrected chi connectivity index (χ1v) is 10.9. The molecule has 0 bridgehead atoms. The second kappa shape index (κ2) is 9.47. The van der Waals surface area contributed by atoms with Crippen molar-refractivity contribution in [3.63, 3.8) is 0 Å². The smallest absolute Gasteiger partial charge is 0.416 e. The van der Waals surface area contributed by atoms with Crippen molar-refractivity contribution in [2.24, 2.45) is 5.10 Å². The number of nitrogens with one attached hydrogen (secondary N) is 1. The van der Waals surface area contributed by atoms with Gasteiger partial charge in [0.2, 0.25) is 0 Å². The van der Waals surface area contributed by atoms with Gasteiger partial charge in [-0.15, -0.1) is 5.01 Å². The SMILES string of the molecule is Cc1nn(-c2cccc(C(F)(F)F)c2)c(Cl)c1C=NN1C(=O)NC(C)(c2ccc(OC(F)F)cc2)C1=O. The van der Waals surface area contributed by atoms with Crippen LogP contribution in [0.2, 0.25) is 5.15 Å². The molecular formula is C23H17ClF5N5O3. The third kappa shape index (κ3) is 4.99. The quantitative estimate of drug-likeness (QED) is 0.262. The zero-order valence-electron chi connectivity index (χ0n) is 19.1. The van der Waals surface area contributed by atoms with Gasteiger partial charge in [0.25, 0.3) is 5.91 Å². The van der Waals surface area contributed by atoms with Crippen LogP contribution in [0.1, 0.15) is 29.3 Å². The zero-order valence-corrected chi connectivity index (χ0v) is 19.8. The first-order valence-electron chi connectivity index (χ1n) is 10.5. The maximum absolute atomic E-state index is 13.1. The molecule has 0 radical (unpaired) electrons. The molecule has 1 fully saturated rings. The summed E-state index contributed by atoms with van der Waals surface area (Å²) in [6, 6.07) is 8.66. The van der Waals surface area contributed by atoms with E-state index in [4.69, 9.17) is 11.6 Å². The van der Waals surface area contributed by atoms with Gasteiger partial charge in [-0.2, -0.15) is 32.2 Å². The van der Waals surface area contributed by atoms with E-state index in [1.54, 1.807) is 0 Å². The molecule has 1 N–H and O–H groups in total. The first kappa shape index (κ1) is 26.1. The van der Waals surface area contributed by atoms with Crippen molar-refractivity contribution in [3.8, 4) is 11.4 Å². The van der Waals surface area contributed by atoms with Gasteiger partial charge >= 0.3 is 18.8 Å². The number of halogens is 6. The summed E-state index contributed by atoms with van der Waals surface area (Å²) in [6.07, 6.45) is -3.47. The number of aromatic nitrogens is 2. The van der Waals surface area contributed by atoms with Gasteiger partial charge < -0.3 is 10.1 Å². The molecule has 14 heteroatoms. The number of ether oxygens (including phenoxy) is 1. The highest BCUT2D eigenvalue weighted by atomic mass is 35.5. The van der Waals surface area contributed by atoms with E-state index in [0.29, 0.717) is 5.01 Å². The fourth-order valence-electron chi connectivity index (χ4n) is 3.65. The highest BCUT2D eigenvalue weighted by molar-refractivity contribution is 6.32. The number of rotatable bonds is 6. The summed E-state index contributed by atoms with van der Waals surface area (Å²) in [4.78, 5) is 25.6.